The number of carbonyl (C=O) groups excluding carboxylic acids is 1. The molecule has 0 radical (unpaired) electrons. The minimum absolute atomic E-state index is 0.326. The maximum Gasteiger partial charge on any atom is 0.338 e. The van der Waals surface area contributed by atoms with Crippen molar-refractivity contribution in [2.45, 2.75) is 37.2 Å². The number of thiocarbonyl (C=S) groups is 1. The van der Waals surface area contributed by atoms with Gasteiger partial charge in [0, 0.05) is 19.4 Å². The van der Waals surface area contributed by atoms with E-state index in [1.807, 2.05) is 12.1 Å². The number of nitrogens with one attached hydrogen (secondary N) is 1. The number of esters is 1. The fourth-order valence-electron chi connectivity index (χ4n) is 3.65. The van der Waals surface area contributed by atoms with Crippen molar-refractivity contribution in [3.63, 3.8) is 0 Å². The summed E-state index contributed by atoms with van der Waals surface area (Å²) in [4.78, 5) is 17.5. The number of benzene rings is 1. The second kappa shape index (κ2) is 7.91. The first-order valence-corrected chi connectivity index (χ1v) is 9.08. The number of rotatable bonds is 4. The molecule has 136 valence electrons. The number of hydrogen-bond acceptors (Lipinski definition) is 4. The summed E-state index contributed by atoms with van der Waals surface area (Å²) in [5.74, 6) is -0.857. The van der Waals surface area contributed by atoms with Gasteiger partial charge in [-0.15, -0.1) is 0 Å². The molecule has 1 aliphatic rings. The Morgan fingerprint density at radius 2 is 2.08 bits per heavy atom. The van der Waals surface area contributed by atoms with E-state index in [0.717, 1.165) is 24.8 Å². The molecule has 0 bridgehead atoms. The van der Waals surface area contributed by atoms with Crippen LogP contribution in [0, 0.1) is 5.82 Å². The molecule has 1 N–H and O–H groups in total. The summed E-state index contributed by atoms with van der Waals surface area (Å²) < 4.78 is 19.0. The maximum atomic E-state index is 13.1. The molecule has 1 aromatic carbocycles. The normalized spacial score (nSPS) is 22.5. The van der Waals surface area contributed by atoms with Crippen LogP contribution in [0.2, 0.25) is 0 Å². The molecule has 1 heterocycles. The van der Waals surface area contributed by atoms with Crippen LogP contribution in [-0.2, 0) is 10.2 Å². The second-order valence-corrected chi connectivity index (χ2v) is 6.85. The molecule has 26 heavy (non-hydrogen) atoms. The highest BCUT2D eigenvalue weighted by molar-refractivity contribution is 7.80. The van der Waals surface area contributed by atoms with Gasteiger partial charge in [0.1, 0.15) is 11.9 Å². The van der Waals surface area contributed by atoms with Crippen LogP contribution in [0.25, 0.3) is 0 Å². The van der Waals surface area contributed by atoms with Crippen LogP contribution in [0.1, 0.15) is 41.6 Å². The van der Waals surface area contributed by atoms with Crippen molar-refractivity contribution in [1.82, 2.24) is 10.3 Å². The highest BCUT2D eigenvalue weighted by Crippen LogP contribution is 2.42. The molecular formula is C20H21FN2O2S. The van der Waals surface area contributed by atoms with Gasteiger partial charge in [0.25, 0.3) is 0 Å². The van der Waals surface area contributed by atoms with Crippen LogP contribution in [0.4, 0.5) is 4.39 Å². The summed E-state index contributed by atoms with van der Waals surface area (Å²) in [7, 11) is 1.79. The van der Waals surface area contributed by atoms with E-state index in [0.29, 0.717) is 17.0 Å². The van der Waals surface area contributed by atoms with E-state index in [2.05, 4.69) is 10.3 Å². The fourth-order valence-corrected chi connectivity index (χ4v) is 4.01. The van der Waals surface area contributed by atoms with E-state index in [-0.39, 0.29) is 5.82 Å². The minimum atomic E-state index is -0.605. The van der Waals surface area contributed by atoms with E-state index in [9.17, 15) is 9.18 Å². The van der Waals surface area contributed by atoms with E-state index < -0.39 is 17.5 Å². The molecule has 1 aliphatic carbocycles. The summed E-state index contributed by atoms with van der Waals surface area (Å²) in [6, 6.07) is 9.21. The van der Waals surface area contributed by atoms with Gasteiger partial charge in [-0.05, 0) is 55.2 Å². The molecule has 2 unspecified atom stereocenters. The molecule has 0 aliphatic heterocycles. The first-order valence-electron chi connectivity index (χ1n) is 8.67. The van der Waals surface area contributed by atoms with Gasteiger partial charge in [-0.3, -0.25) is 4.98 Å². The molecule has 6 heteroatoms. The topological polar surface area (TPSA) is 51.2 Å². The van der Waals surface area contributed by atoms with E-state index in [1.165, 1.54) is 24.3 Å². The Balaban J connectivity index is 1.95. The Morgan fingerprint density at radius 3 is 2.73 bits per heavy atom. The zero-order valence-electron chi connectivity index (χ0n) is 14.6. The number of likely N-dealkylation sites (N-methyl/N-ethyl adjacent to an activating group) is 1. The van der Waals surface area contributed by atoms with Gasteiger partial charge in [0.2, 0.25) is 0 Å². The molecule has 0 spiro atoms. The zero-order valence-corrected chi connectivity index (χ0v) is 15.4. The Morgan fingerprint density at radius 1 is 1.31 bits per heavy atom. The summed E-state index contributed by atoms with van der Waals surface area (Å²) in [6.07, 6.45) is 6.52. The average molecular weight is 372 g/mol. The van der Waals surface area contributed by atoms with Gasteiger partial charge in [-0.2, -0.15) is 0 Å². The molecule has 4 nitrogen and oxygen atoms in total. The van der Waals surface area contributed by atoms with Crippen LogP contribution >= 0.6 is 12.2 Å². The van der Waals surface area contributed by atoms with Crippen LogP contribution < -0.4 is 5.32 Å². The monoisotopic (exact) mass is 372 g/mol. The van der Waals surface area contributed by atoms with E-state index >= 15 is 0 Å². The highest BCUT2D eigenvalue weighted by atomic mass is 32.1. The molecule has 1 saturated carbocycles. The maximum absolute atomic E-state index is 13.1. The van der Waals surface area contributed by atoms with E-state index in [1.54, 1.807) is 19.4 Å². The Hall–Kier alpha value is -2.34. The van der Waals surface area contributed by atoms with Crippen molar-refractivity contribution >= 4 is 23.2 Å². The first kappa shape index (κ1) is 18.5. The predicted molar refractivity (Wildman–Crippen MR) is 102 cm³/mol. The SMILES string of the molecule is CNC(=S)C1(c2cccnc2)CCCCC1OC(=O)c1ccc(F)cc1. The standard InChI is InChI=1S/C20H21FN2O2S/c1-22-19(26)20(15-5-4-12-23-13-15)11-3-2-6-17(20)25-18(24)14-7-9-16(21)10-8-14/h4-5,7-10,12-13,17H,2-3,6,11H2,1H3,(H,22,26). The molecule has 0 amide bonds. The van der Waals surface area contributed by atoms with Crippen molar-refractivity contribution in [1.29, 1.82) is 0 Å². The average Bonchev–Trinajstić information content (AvgIpc) is 2.69. The molecular weight excluding hydrogens is 351 g/mol. The minimum Gasteiger partial charge on any atom is -0.457 e. The van der Waals surface area contributed by atoms with Gasteiger partial charge < -0.3 is 10.1 Å². The summed E-state index contributed by atoms with van der Waals surface area (Å²) >= 11 is 5.65. The summed E-state index contributed by atoms with van der Waals surface area (Å²) in [5, 5.41) is 3.09. The van der Waals surface area contributed by atoms with Crippen molar-refractivity contribution in [2.75, 3.05) is 7.05 Å². The molecule has 3 rings (SSSR count). The van der Waals surface area contributed by atoms with Crippen molar-refractivity contribution in [2.24, 2.45) is 0 Å². The largest absolute Gasteiger partial charge is 0.457 e. The molecule has 2 aromatic rings. The Bertz CT molecular complexity index is 782. The number of halogens is 1. The lowest BCUT2D eigenvalue weighted by Crippen LogP contribution is -2.53. The van der Waals surface area contributed by atoms with Crippen molar-refractivity contribution in [3.8, 4) is 0 Å². The Kier molecular flexibility index (Phi) is 5.61. The van der Waals surface area contributed by atoms with Crippen LogP contribution in [0.5, 0.6) is 0 Å². The van der Waals surface area contributed by atoms with E-state index in [4.69, 9.17) is 17.0 Å². The number of carbonyl (C=O) groups is 1. The van der Waals surface area contributed by atoms with Crippen LogP contribution in [0.15, 0.2) is 48.8 Å². The van der Waals surface area contributed by atoms with Crippen molar-refractivity contribution < 1.29 is 13.9 Å². The van der Waals surface area contributed by atoms with Gasteiger partial charge in [-0.1, -0.05) is 24.7 Å². The van der Waals surface area contributed by atoms with Gasteiger partial charge in [0.15, 0.2) is 0 Å². The first-order chi connectivity index (χ1) is 12.6. The number of nitrogens with zero attached hydrogens (tertiary/aromatic N) is 1. The molecule has 1 fully saturated rings. The van der Waals surface area contributed by atoms with Gasteiger partial charge in [0.05, 0.1) is 16.0 Å². The highest BCUT2D eigenvalue weighted by Gasteiger charge is 2.48. The number of aromatic nitrogens is 1. The quantitative estimate of drug-likeness (QED) is 0.653. The molecule has 1 aromatic heterocycles. The lowest BCUT2D eigenvalue weighted by atomic mass is 9.67. The third-order valence-corrected chi connectivity index (χ3v) is 5.54. The van der Waals surface area contributed by atoms with Crippen LogP contribution in [0.3, 0.4) is 0 Å². The summed E-state index contributed by atoms with van der Waals surface area (Å²) in [5.41, 5.74) is 0.662. The Labute approximate surface area is 157 Å². The van der Waals surface area contributed by atoms with Gasteiger partial charge in [-0.25, -0.2) is 9.18 Å². The lowest BCUT2D eigenvalue weighted by Gasteiger charge is -2.43. The third-order valence-electron chi connectivity index (χ3n) is 4.98. The number of pyridine rings is 1. The lowest BCUT2D eigenvalue weighted by molar-refractivity contribution is 0.00430. The fraction of sp³-hybridized carbons (Fsp3) is 0.350. The number of ether oxygens (including phenoxy) is 1. The summed E-state index contributed by atoms with van der Waals surface area (Å²) in [6.45, 7) is 0. The zero-order chi connectivity index (χ0) is 18.6. The number of hydrogen-bond donors (Lipinski definition) is 1. The third kappa shape index (κ3) is 3.46. The van der Waals surface area contributed by atoms with Crippen LogP contribution in [-0.4, -0.2) is 29.1 Å². The van der Waals surface area contributed by atoms with Crippen molar-refractivity contribution in [3.05, 3.63) is 65.7 Å². The van der Waals surface area contributed by atoms with Gasteiger partial charge >= 0.3 is 5.97 Å². The molecule has 2 atom stereocenters. The molecule has 0 saturated heterocycles. The predicted octanol–water partition coefficient (Wildman–Crippen LogP) is 3.80. The second-order valence-electron chi connectivity index (χ2n) is 6.44. The smallest absolute Gasteiger partial charge is 0.338 e.